The van der Waals surface area contributed by atoms with Crippen LogP contribution < -0.4 is 10.1 Å². The molecule has 4 nitrogen and oxygen atoms in total. The van der Waals surface area contributed by atoms with Crippen molar-refractivity contribution in [3.05, 3.63) is 28.2 Å². The predicted molar refractivity (Wildman–Crippen MR) is 100 cm³/mol. The highest BCUT2D eigenvalue weighted by atomic mass is 35.5. The lowest BCUT2D eigenvalue weighted by Crippen LogP contribution is -2.53. The van der Waals surface area contributed by atoms with Crippen LogP contribution in [0.2, 0.25) is 10.0 Å². The van der Waals surface area contributed by atoms with Gasteiger partial charge in [-0.05, 0) is 68.4 Å². The van der Waals surface area contributed by atoms with E-state index in [1.165, 1.54) is 19.3 Å². The Labute approximate surface area is 163 Å². The molecule has 0 aromatic heterocycles. The molecule has 0 heterocycles. The highest BCUT2D eigenvalue weighted by molar-refractivity contribution is 6.43. The fourth-order valence-corrected chi connectivity index (χ4v) is 5.92. The molecule has 0 saturated heterocycles. The fourth-order valence-electron chi connectivity index (χ4n) is 5.59. The summed E-state index contributed by atoms with van der Waals surface area (Å²) in [6.45, 7) is 0.289. The topological polar surface area (TPSA) is 55.4 Å². The van der Waals surface area contributed by atoms with Crippen LogP contribution in [-0.2, 0) is 9.59 Å². The van der Waals surface area contributed by atoms with Crippen LogP contribution >= 0.6 is 23.2 Å². The van der Waals surface area contributed by atoms with Gasteiger partial charge in [0.2, 0.25) is 5.91 Å². The van der Waals surface area contributed by atoms with Crippen molar-refractivity contribution in [1.29, 1.82) is 0 Å². The first-order valence-electron chi connectivity index (χ1n) is 9.38. The SMILES string of the molecule is O=C(CCNC(=O)C12CC3CC(CC(C3)C1)C2)Oc1cccc(Cl)c1Cl. The van der Waals surface area contributed by atoms with E-state index in [1.807, 2.05) is 0 Å². The van der Waals surface area contributed by atoms with Crippen molar-refractivity contribution in [2.45, 2.75) is 44.9 Å². The molecule has 4 fully saturated rings. The number of benzene rings is 1. The van der Waals surface area contributed by atoms with E-state index in [0.29, 0.717) is 5.02 Å². The van der Waals surface area contributed by atoms with Gasteiger partial charge >= 0.3 is 5.97 Å². The van der Waals surface area contributed by atoms with E-state index >= 15 is 0 Å². The number of nitrogens with one attached hydrogen (secondary N) is 1. The Balaban J connectivity index is 1.29. The maximum atomic E-state index is 12.8. The molecule has 5 rings (SSSR count). The van der Waals surface area contributed by atoms with Crippen LogP contribution in [0, 0.1) is 23.2 Å². The van der Waals surface area contributed by atoms with Gasteiger partial charge in [0.1, 0.15) is 5.02 Å². The van der Waals surface area contributed by atoms with Crippen molar-refractivity contribution in [2.75, 3.05) is 6.54 Å². The Bertz CT molecular complexity index is 698. The summed E-state index contributed by atoms with van der Waals surface area (Å²) in [5.41, 5.74) is -0.186. The summed E-state index contributed by atoms with van der Waals surface area (Å²) in [7, 11) is 0. The molecule has 6 heteroatoms. The van der Waals surface area contributed by atoms with Gasteiger partial charge in [0.15, 0.2) is 5.75 Å². The van der Waals surface area contributed by atoms with Crippen LogP contribution in [0.3, 0.4) is 0 Å². The van der Waals surface area contributed by atoms with E-state index in [0.717, 1.165) is 37.0 Å². The van der Waals surface area contributed by atoms with E-state index in [4.69, 9.17) is 27.9 Å². The van der Waals surface area contributed by atoms with E-state index in [-0.39, 0.29) is 35.1 Å². The number of carbonyl (C=O) groups is 2. The van der Waals surface area contributed by atoms with Gasteiger partial charge in [-0.15, -0.1) is 0 Å². The lowest BCUT2D eigenvalue weighted by Gasteiger charge is -2.55. The summed E-state index contributed by atoms with van der Waals surface area (Å²) in [5, 5.41) is 3.55. The molecule has 4 bridgehead atoms. The zero-order chi connectivity index (χ0) is 18.3. The lowest BCUT2D eigenvalue weighted by atomic mass is 9.49. The van der Waals surface area contributed by atoms with Crippen LogP contribution in [0.15, 0.2) is 18.2 Å². The molecule has 0 unspecified atom stereocenters. The van der Waals surface area contributed by atoms with Gasteiger partial charge in [-0.25, -0.2) is 0 Å². The molecule has 1 amide bonds. The van der Waals surface area contributed by atoms with Crippen LogP contribution in [0.25, 0.3) is 0 Å². The third-order valence-electron chi connectivity index (χ3n) is 6.27. The summed E-state index contributed by atoms with van der Waals surface area (Å²) < 4.78 is 5.25. The summed E-state index contributed by atoms with van der Waals surface area (Å²) in [4.78, 5) is 24.9. The quantitative estimate of drug-likeness (QED) is 0.584. The average Bonchev–Trinajstić information content (AvgIpc) is 2.57. The third kappa shape index (κ3) is 3.46. The second-order valence-corrected chi connectivity index (χ2v) is 9.01. The molecule has 26 heavy (non-hydrogen) atoms. The molecule has 1 N–H and O–H groups in total. The van der Waals surface area contributed by atoms with Gasteiger partial charge in [0.25, 0.3) is 0 Å². The van der Waals surface area contributed by atoms with E-state index in [2.05, 4.69) is 5.32 Å². The molecular formula is C20H23Cl2NO3. The number of esters is 1. The van der Waals surface area contributed by atoms with Crippen molar-refractivity contribution in [2.24, 2.45) is 23.2 Å². The van der Waals surface area contributed by atoms with E-state index in [9.17, 15) is 9.59 Å². The summed E-state index contributed by atoms with van der Waals surface area (Å²) in [5.74, 6) is 2.12. The van der Waals surface area contributed by atoms with Gasteiger partial charge in [0, 0.05) is 12.0 Å². The summed E-state index contributed by atoms with van der Waals surface area (Å²) >= 11 is 11.9. The largest absolute Gasteiger partial charge is 0.425 e. The number of rotatable bonds is 5. The highest BCUT2D eigenvalue weighted by Crippen LogP contribution is 2.60. The Morgan fingerprint density at radius 2 is 1.69 bits per heavy atom. The lowest BCUT2D eigenvalue weighted by molar-refractivity contribution is -0.146. The zero-order valence-corrected chi connectivity index (χ0v) is 16.1. The Morgan fingerprint density at radius 3 is 2.31 bits per heavy atom. The maximum Gasteiger partial charge on any atom is 0.313 e. The van der Waals surface area contributed by atoms with Gasteiger partial charge < -0.3 is 10.1 Å². The minimum Gasteiger partial charge on any atom is -0.425 e. The highest BCUT2D eigenvalue weighted by Gasteiger charge is 2.54. The van der Waals surface area contributed by atoms with Crippen LogP contribution in [0.4, 0.5) is 0 Å². The monoisotopic (exact) mass is 395 g/mol. The normalized spacial score (nSPS) is 31.7. The molecule has 4 aliphatic carbocycles. The second-order valence-electron chi connectivity index (χ2n) is 8.23. The Hall–Kier alpha value is -1.26. The molecule has 1 aromatic rings. The maximum absolute atomic E-state index is 12.8. The van der Waals surface area contributed by atoms with Crippen molar-refractivity contribution in [1.82, 2.24) is 5.32 Å². The molecule has 4 saturated carbocycles. The fraction of sp³-hybridized carbons (Fsp3) is 0.600. The number of hydrogen-bond donors (Lipinski definition) is 1. The van der Waals surface area contributed by atoms with E-state index in [1.54, 1.807) is 18.2 Å². The van der Waals surface area contributed by atoms with Gasteiger partial charge in [-0.2, -0.15) is 0 Å². The van der Waals surface area contributed by atoms with Crippen LogP contribution in [-0.4, -0.2) is 18.4 Å². The molecule has 1 aromatic carbocycles. The molecule has 0 spiro atoms. The van der Waals surface area contributed by atoms with Gasteiger partial charge in [-0.1, -0.05) is 29.3 Å². The van der Waals surface area contributed by atoms with Crippen molar-refractivity contribution < 1.29 is 14.3 Å². The predicted octanol–water partition coefficient (Wildman–Crippen LogP) is 4.62. The Kier molecular flexibility index (Phi) is 4.91. The molecular weight excluding hydrogens is 373 g/mol. The number of ether oxygens (including phenoxy) is 1. The van der Waals surface area contributed by atoms with Crippen LogP contribution in [0.5, 0.6) is 5.75 Å². The van der Waals surface area contributed by atoms with Gasteiger partial charge in [-0.3, -0.25) is 9.59 Å². The third-order valence-corrected chi connectivity index (χ3v) is 7.08. The van der Waals surface area contributed by atoms with Crippen molar-refractivity contribution in [3.8, 4) is 5.75 Å². The number of hydrogen-bond acceptors (Lipinski definition) is 3. The number of carbonyl (C=O) groups excluding carboxylic acids is 2. The number of halogens is 2. The standard InChI is InChI=1S/C20H23Cl2NO3/c21-15-2-1-3-16(18(15)22)26-17(24)4-5-23-19(25)20-9-12-6-13(10-20)8-14(7-12)11-20/h1-3,12-14H,4-11H2,(H,23,25). The summed E-state index contributed by atoms with van der Waals surface area (Å²) in [6, 6.07) is 4.90. The smallest absolute Gasteiger partial charge is 0.313 e. The average molecular weight is 396 g/mol. The number of amides is 1. The van der Waals surface area contributed by atoms with Crippen molar-refractivity contribution >= 4 is 35.1 Å². The molecule has 4 aliphatic rings. The molecule has 0 atom stereocenters. The minimum atomic E-state index is -0.431. The first kappa shape index (κ1) is 18.1. The molecule has 0 radical (unpaired) electrons. The van der Waals surface area contributed by atoms with Crippen LogP contribution in [0.1, 0.15) is 44.9 Å². The first-order chi connectivity index (χ1) is 12.4. The summed E-state index contributed by atoms with van der Waals surface area (Å²) in [6.07, 6.45) is 7.09. The molecule has 140 valence electrons. The second kappa shape index (κ2) is 7.05. The van der Waals surface area contributed by atoms with E-state index < -0.39 is 5.97 Å². The zero-order valence-electron chi connectivity index (χ0n) is 14.6. The van der Waals surface area contributed by atoms with Crippen molar-refractivity contribution in [3.63, 3.8) is 0 Å². The Morgan fingerprint density at radius 1 is 1.08 bits per heavy atom. The van der Waals surface area contributed by atoms with Gasteiger partial charge in [0.05, 0.1) is 11.4 Å². The first-order valence-corrected chi connectivity index (χ1v) is 10.1. The minimum absolute atomic E-state index is 0.112. The molecule has 0 aliphatic heterocycles.